The number of alkyl halides is 1. The highest BCUT2D eigenvalue weighted by molar-refractivity contribution is 9.09. The molecule has 0 amide bonds. The molecule has 0 aromatic heterocycles. The van der Waals surface area contributed by atoms with E-state index in [2.05, 4.69) is 65.3 Å². The summed E-state index contributed by atoms with van der Waals surface area (Å²) >= 11 is 4.12. The summed E-state index contributed by atoms with van der Waals surface area (Å²) in [4.78, 5) is 0.538. The second-order valence-electron chi connectivity index (χ2n) is 11.3. The van der Waals surface area contributed by atoms with Crippen LogP contribution >= 0.6 is 15.9 Å². The lowest BCUT2D eigenvalue weighted by Gasteiger charge is -2.42. The van der Waals surface area contributed by atoms with Crippen LogP contribution in [0.25, 0.3) is 0 Å². The Bertz CT molecular complexity index is 992. The smallest absolute Gasteiger partial charge is 0.0964 e. The van der Waals surface area contributed by atoms with Gasteiger partial charge in [0.2, 0.25) is 0 Å². The third kappa shape index (κ3) is 3.27. The van der Waals surface area contributed by atoms with Gasteiger partial charge >= 0.3 is 0 Å². The topological polar surface area (TPSA) is 20.2 Å². The largest absolute Gasteiger partial charge is 0.385 e. The van der Waals surface area contributed by atoms with Crippen LogP contribution in [0.2, 0.25) is 0 Å². The summed E-state index contributed by atoms with van der Waals surface area (Å²) in [6.45, 7) is 2.22. The molecule has 0 bridgehead atoms. The van der Waals surface area contributed by atoms with Crippen molar-refractivity contribution in [3.63, 3.8) is 0 Å². The second kappa shape index (κ2) is 8.27. The molecule has 3 fully saturated rings. The van der Waals surface area contributed by atoms with Crippen LogP contribution in [0, 0.1) is 30.6 Å². The summed E-state index contributed by atoms with van der Waals surface area (Å²) in [5, 5.41) is 12.9. The van der Waals surface area contributed by atoms with E-state index in [1.165, 1.54) is 73.6 Å². The number of halogens is 1. The first-order chi connectivity index (χ1) is 15.6. The number of hydrogen-bond donors (Lipinski definition) is 1. The molecule has 6 unspecified atom stereocenters. The van der Waals surface area contributed by atoms with Crippen molar-refractivity contribution < 1.29 is 5.11 Å². The van der Waals surface area contributed by atoms with Gasteiger partial charge in [-0.05, 0) is 97.3 Å². The van der Waals surface area contributed by atoms with Gasteiger partial charge in [0, 0.05) is 4.83 Å². The number of fused-ring (bicyclic) bond motifs is 4. The van der Waals surface area contributed by atoms with Gasteiger partial charge in [-0.1, -0.05) is 89.6 Å². The Labute approximate surface area is 202 Å². The monoisotopic (exact) mass is 492 g/mol. The Kier molecular flexibility index (Phi) is 5.54. The fraction of sp³-hybridized carbons (Fsp3) is 0.600. The number of aryl methyl sites for hydroxylation is 1. The van der Waals surface area contributed by atoms with Gasteiger partial charge in [0.05, 0.1) is 5.60 Å². The van der Waals surface area contributed by atoms with Crippen molar-refractivity contribution in [2.75, 3.05) is 0 Å². The summed E-state index contributed by atoms with van der Waals surface area (Å²) in [6.07, 6.45) is 12.5. The maximum atomic E-state index is 12.9. The van der Waals surface area contributed by atoms with Crippen molar-refractivity contribution in [2.24, 2.45) is 23.7 Å². The van der Waals surface area contributed by atoms with E-state index >= 15 is 0 Å². The molecule has 0 spiro atoms. The molecular weight excluding hydrogens is 456 g/mol. The first-order valence-electron chi connectivity index (χ1n) is 13.1. The van der Waals surface area contributed by atoms with E-state index in [4.69, 9.17) is 0 Å². The van der Waals surface area contributed by atoms with Crippen molar-refractivity contribution in [2.45, 2.75) is 87.5 Å². The van der Waals surface area contributed by atoms with E-state index < -0.39 is 5.60 Å². The van der Waals surface area contributed by atoms with Gasteiger partial charge in [-0.15, -0.1) is 0 Å². The van der Waals surface area contributed by atoms with Gasteiger partial charge in [0.1, 0.15) is 0 Å². The summed E-state index contributed by atoms with van der Waals surface area (Å²) in [5.74, 6) is 2.48. The highest BCUT2D eigenvalue weighted by atomic mass is 79.9. The van der Waals surface area contributed by atoms with Crippen LogP contribution in [0.3, 0.4) is 0 Å². The van der Waals surface area contributed by atoms with E-state index in [-0.39, 0.29) is 0 Å². The Balaban J connectivity index is 1.48. The normalized spacial score (nSPS) is 36.9. The fourth-order valence-electron chi connectivity index (χ4n) is 8.37. The van der Waals surface area contributed by atoms with Gasteiger partial charge in [-0.3, -0.25) is 0 Å². The Morgan fingerprint density at radius 3 is 2.50 bits per heavy atom. The zero-order chi connectivity index (χ0) is 21.9. The van der Waals surface area contributed by atoms with E-state index in [0.29, 0.717) is 34.4 Å². The van der Waals surface area contributed by atoms with Crippen molar-refractivity contribution in [3.8, 4) is 0 Å². The quantitative estimate of drug-likeness (QED) is 0.431. The minimum Gasteiger partial charge on any atom is -0.385 e. The SMILES string of the molecule is Cc1ccc2c(c1)CC1C3C(Br)CCCC3C(O)(c3ccccc3C3CCCCC3)C1C2. The minimum absolute atomic E-state index is 0.329. The highest BCUT2D eigenvalue weighted by Gasteiger charge is 2.63. The summed E-state index contributed by atoms with van der Waals surface area (Å²) < 4.78 is 0. The molecule has 4 aliphatic carbocycles. The Hall–Kier alpha value is -1.12. The molecule has 0 heterocycles. The first-order valence-corrected chi connectivity index (χ1v) is 14.0. The second-order valence-corrected chi connectivity index (χ2v) is 12.5. The zero-order valence-electron chi connectivity index (χ0n) is 19.4. The lowest BCUT2D eigenvalue weighted by Crippen LogP contribution is -2.42. The molecule has 2 heteroatoms. The third-order valence-corrected chi connectivity index (χ3v) is 10.8. The number of aliphatic hydroxyl groups is 1. The van der Waals surface area contributed by atoms with Gasteiger partial charge in [-0.2, -0.15) is 0 Å². The van der Waals surface area contributed by atoms with Gasteiger partial charge in [0.15, 0.2) is 0 Å². The van der Waals surface area contributed by atoms with Crippen LogP contribution < -0.4 is 0 Å². The number of hydrogen-bond acceptors (Lipinski definition) is 1. The molecule has 1 nitrogen and oxygen atoms in total. The van der Waals surface area contributed by atoms with E-state index in [9.17, 15) is 5.11 Å². The van der Waals surface area contributed by atoms with E-state index in [1.807, 2.05) is 0 Å². The van der Waals surface area contributed by atoms with Crippen LogP contribution in [-0.2, 0) is 18.4 Å². The Morgan fingerprint density at radius 2 is 1.66 bits per heavy atom. The summed E-state index contributed by atoms with van der Waals surface area (Å²) in [5.41, 5.74) is 6.47. The summed E-state index contributed by atoms with van der Waals surface area (Å²) in [7, 11) is 0. The summed E-state index contributed by atoms with van der Waals surface area (Å²) in [6, 6.07) is 16.1. The van der Waals surface area contributed by atoms with Crippen molar-refractivity contribution >= 4 is 15.9 Å². The van der Waals surface area contributed by atoms with Crippen molar-refractivity contribution in [3.05, 3.63) is 70.3 Å². The first kappa shape index (κ1) is 21.4. The lowest BCUT2D eigenvalue weighted by molar-refractivity contribution is -0.0605. The fourth-order valence-corrected chi connectivity index (χ4v) is 9.45. The van der Waals surface area contributed by atoms with Crippen LogP contribution in [0.4, 0.5) is 0 Å². The maximum Gasteiger partial charge on any atom is 0.0964 e. The zero-order valence-corrected chi connectivity index (χ0v) is 21.0. The molecule has 32 heavy (non-hydrogen) atoms. The molecule has 4 aliphatic rings. The van der Waals surface area contributed by atoms with Crippen LogP contribution in [0.15, 0.2) is 42.5 Å². The van der Waals surface area contributed by atoms with Crippen molar-refractivity contribution in [1.82, 2.24) is 0 Å². The molecule has 2 aromatic rings. The van der Waals surface area contributed by atoms with Gasteiger partial charge < -0.3 is 5.11 Å². The van der Waals surface area contributed by atoms with E-state index in [1.54, 1.807) is 5.56 Å². The molecule has 170 valence electrons. The predicted octanol–water partition coefficient (Wildman–Crippen LogP) is 7.45. The average Bonchev–Trinajstić information content (AvgIpc) is 3.08. The highest BCUT2D eigenvalue weighted by Crippen LogP contribution is 2.64. The number of rotatable bonds is 2. The average molecular weight is 494 g/mol. The molecule has 6 rings (SSSR count). The standard InChI is InChI=1S/C30H37BrO/c1-19-14-15-21-18-27-24(17-22(21)16-19)29-26(12-7-13-28(29)31)30(27,32)25-11-6-5-10-23(25)20-8-3-2-4-9-20/h5-6,10-11,14-16,20,24,26-29,32H,2-4,7-9,12-13,17-18H2,1H3. The van der Waals surface area contributed by atoms with Crippen LogP contribution in [0.5, 0.6) is 0 Å². The molecule has 6 atom stereocenters. The third-order valence-electron chi connectivity index (χ3n) is 9.71. The maximum absolute atomic E-state index is 12.9. The number of benzene rings is 2. The molecule has 0 radical (unpaired) electrons. The molecule has 0 saturated heterocycles. The van der Waals surface area contributed by atoms with Crippen molar-refractivity contribution in [1.29, 1.82) is 0 Å². The van der Waals surface area contributed by atoms with Gasteiger partial charge in [0.25, 0.3) is 0 Å². The molecule has 0 aliphatic heterocycles. The van der Waals surface area contributed by atoms with E-state index in [0.717, 1.165) is 12.8 Å². The molecule has 2 aromatic carbocycles. The van der Waals surface area contributed by atoms with Gasteiger partial charge in [-0.25, -0.2) is 0 Å². The predicted molar refractivity (Wildman–Crippen MR) is 135 cm³/mol. The molecular formula is C30H37BrO. The lowest BCUT2D eigenvalue weighted by atomic mass is 9.67. The molecule has 3 saturated carbocycles. The molecule has 1 N–H and O–H groups in total. The minimum atomic E-state index is -0.696. The van der Waals surface area contributed by atoms with Crippen LogP contribution in [-0.4, -0.2) is 9.93 Å². The Morgan fingerprint density at radius 1 is 0.844 bits per heavy atom. The van der Waals surface area contributed by atoms with Crippen LogP contribution in [0.1, 0.15) is 85.1 Å².